The first-order valence-electron chi connectivity index (χ1n) is 7.00. The Hall–Kier alpha value is -1.97. The Kier molecular flexibility index (Phi) is 4.32. The molecule has 4 heteroatoms. The van der Waals surface area contributed by atoms with E-state index >= 15 is 0 Å². The van der Waals surface area contributed by atoms with Crippen LogP contribution in [0.25, 0.3) is 11.1 Å². The summed E-state index contributed by atoms with van der Waals surface area (Å²) in [4.78, 5) is 0. The zero-order valence-electron chi connectivity index (χ0n) is 12.6. The summed E-state index contributed by atoms with van der Waals surface area (Å²) in [6, 6.07) is 6.10. The molecule has 0 spiro atoms. The molecule has 2 aromatic rings. The molecule has 4 nitrogen and oxygen atoms in total. The predicted molar refractivity (Wildman–Crippen MR) is 81.0 cm³/mol. The highest BCUT2D eigenvalue weighted by molar-refractivity contribution is 5.76. The molecule has 0 aliphatic rings. The quantitative estimate of drug-likeness (QED) is 0.895. The molecule has 0 unspecified atom stereocenters. The lowest BCUT2D eigenvalue weighted by Crippen LogP contribution is -1.97. The van der Waals surface area contributed by atoms with E-state index in [-0.39, 0.29) is 0 Å². The molecule has 0 bridgehead atoms. The van der Waals surface area contributed by atoms with E-state index in [0.29, 0.717) is 11.8 Å². The number of rotatable bonds is 5. The molecule has 0 saturated carbocycles. The lowest BCUT2D eigenvalue weighted by Gasteiger charge is -2.13. The maximum atomic E-state index is 5.94. The van der Waals surface area contributed by atoms with Crippen LogP contribution in [0.2, 0.25) is 0 Å². The molecular formula is C16H22N2O2. The summed E-state index contributed by atoms with van der Waals surface area (Å²) in [6.45, 7) is 6.40. The van der Waals surface area contributed by atoms with Crippen molar-refractivity contribution in [3.05, 3.63) is 29.5 Å². The second kappa shape index (κ2) is 5.99. The van der Waals surface area contributed by atoms with E-state index in [1.807, 2.05) is 12.1 Å². The monoisotopic (exact) mass is 274 g/mol. The number of aromatic nitrogens is 1. The molecule has 0 radical (unpaired) electrons. The van der Waals surface area contributed by atoms with Crippen molar-refractivity contribution in [1.29, 1.82) is 0 Å². The van der Waals surface area contributed by atoms with Crippen LogP contribution in [0.3, 0.4) is 0 Å². The molecular weight excluding hydrogens is 252 g/mol. The smallest absolute Gasteiger partial charge is 0.230 e. The third-order valence-electron chi connectivity index (χ3n) is 3.42. The fourth-order valence-electron chi connectivity index (χ4n) is 2.40. The van der Waals surface area contributed by atoms with E-state index in [1.54, 1.807) is 7.11 Å². The lowest BCUT2D eigenvalue weighted by atomic mass is 9.95. The van der Waals surface area contributed by atoms with Gasteiger partial charge in [-0.3, -0.25) is 0 Å². The third-order valence-corrected chi connectivity index (χ3v) is 3.42. The normalized spacial score (nSPS) is 11.1. The van der Waals surface area contributed by atoms with Crippen molar-refractivity contribution in [2.75, 3.05) is 12.8 Å². The van der Waals surface area contributed by atoms with Crippen molar-refractivity contribution in [3.63, 3.8) is 0 Å². The van der Waals surface area contributed by atoms with E-state index < -0.39 is 0 Å². The fraction of sp³-hybridized carbons (Fsp3) is 0.438. The van der Waals surface area contributed by atoms with Gasteiger partial charge < -0.3 is 15.0 Å². The molecule has 2 N–H and O–H groups in total. The number of ether oxygens (including phenoxy) is 1. The third kappa shape index (κ3) is 2.64. The first-order valence-corrected chi connectivity index (χ1v) is 7.00. The molecule has 0 atom stereocenters. The Morgan fingerprint density at radius 1 is 1.35 bits per heavy atom. The number of hydrogen-bond acceptors (Lipinski definition) is 4. The fourth-order valence-corrected chi connectivity index (χ4v) is 2.40. The van der Waals surface area contributed by atoms with Crippen LogP contribution in [0.1, 0.15) is 44.4 Å². The van der Waals surface area contributed by atoms with E-state index in [1.165, 1.54) is 0 Å². The van der Waals surface area contributed by atoms with Crippen molar-refractivity contribution in [3.8, 4) is 16.9 Å². The van der Waals surface area contributed by atoms with Crippen LogP contribution in [0.4, 0.5) is 5.88 Å². The summed E-state index contributed by atoms with van der Waals surface area (Å²) in [5, 5.41) is 4.07. The van der Waals surface area contributed by atoms with Crippen LogP contribution in [-0.4, -0.2) is 12.3 Å². The molecule has 108 valence electrons. The van der Waals surface area contributed by atoms with Gasteiger partial charge in [-0.15, -0.1) is 0 Å². The summed E-state index contributed by atoms with van der Waals surface area (Å²) in [7, 11) is 1.69. The summed E-state index contributed by atoms with van der Waals surface area (Å²) >= 11 is 0. The molecule has 20 heavy (non-hydrogen) atoms. The van der Waals surface area contributed by atoms with Crippen LogP contribution in [0, 0.1) is 0 Å². The van der Waals surface area contributed by atoms with Crippen molar-refractivity contribution in [2.45, 2.75) is 39.5 Å². The highest BCUT2D eigenvalue weighted by Gasteiger charge is 2.17. The van der Waals surface area contributed by atoms with Gasteiger partial charge in [0.15, 0.2) is 0 Å². The number of nitrogen functional groups attached to an aromatic ring is 1. The Labute approximate surface area is 119 Å². The summed E-state index contributed by atoms with van der Waals surface area (Å²) < 4.78 is 10.6. The topological polar surface area (TPSA) is 61.3 Å². The molecule has 1 heterocycles. The first kappa shape index (κ1) is 14.4. The number of benzene rings is 1. The minimum Gasteiger partial charge on any atom is -0.496 e. The molecule has 0 amide bonds. The van der Waals surface area contributed by atoms with Gasteiger partial charge in [-0.2, -0.15) is 0 Å². The maximum absolute atomic E-state index is 5.94. The van der Waals surface area contributed by atoms with Crippen LogP contribution >= 0.6 is 0 Å². The molecule has 2 rings (SSSR count). The average molecular weight is 274 g/mol. The number of nitrogens with two attached hydrogens (primary N) is 1. The number of hydrogen-bond donors (Lipinski definition) is 1. The molecule has 0 fully saturated rings. The second-order valence-corrected chi connectivity index (χ2v) is 5.23. The van der Waals surface area contributed by atoms with Crippen molar-refractivity contribution >= 4 is 5.88 Å². The summed E-state index contributed by atoms with van der Waals surface area (Å²) in [6.07, 6.45) is 1.87. The molecule has 1 aromatic carbocycles. The lowest BCUT2D eigenvalue weighted by molar-refractivity contribution is 0.407. The molecule has 0 aliphatic carbocycles. The minimum atomic E-state index is 0.376. The molecule has 0 saturated heterocycles. The molecule has 0 aliphatic heterocycles. The Balaban J connectivity index is 2.53. The standard InChI is InChI=1S/C16H22N2O2/c1-5-6-13-15(16(17)20-18-13)11-7-8-14(19-4)12(9-11)10(2)3/h7-10H,5-6,17H2,1-4H3. The average Bonchev–Trinajstić information content (AvgIpc) is 2.79. The maximum Gasteiger partial charge on any atom is 0.230 e. The van der Waals surface area contributed by atoms with E-state index in [9.17, 15) is 0 Å². The highest BCUT2D eigenvalue weighted by Crippen LogP contribution is 2.35. The van der Waals surface area contributed by atoms with Gasteiger partial charge in [0.2, 0.25) is 5.88 Å². The number of anilines is 1. The van der Waals surface area contributed by atoms with Gasteiger partial charge in [0.05, 0.1) is 18.4 Å². The van der Waals surface area contributed by atoms with Crippen LogP contribution in [-0.2, 0) is 6.42 Å². The van der Waals surface area contributed by atoms with Crippen LogP contribution < -0.4 is 10.5 Å². The Bertz CT molecular complexity index is 588. The van der Waals surface area contributed by atoms with Crippen molar-refractivity contribution in [1.82, 2.24) is 5.16 Å². The number of nitrogens with zero attached hydrogens (tertiary/aromatic N) is 1. The predicted octanol–water partition coefficient (Wildman–Crippen LogP) is 4.01. The second-order valence-electron chi connectivity index (χ2n) is 5.23. The van der Waals surface area contributed by atoms with Crippen LogP contribution in [0.5, 0.6) is 5.75 Å². The first-order chi connectivity index (χ1) is 9.58. The minimum absolute atomic E-state index is 0.376. The zero-order chi connectivity index (χ0) is 14.7. The van der Waals surface area contributed by atoms with Crippen molar-refractivity contribution < 1.29 is 9.26 Å². The van der Waals surface area contributed by atoms with Gasteiger partial charge in [0.1, 0.15) is 5.75 Å². The Morgan fingerprint density at radius 2 is 2.10 bits per heavy atom. The van der Waals surface area contributed by atoms with Gasteiger partial charge in [0, 0.05) is 0 Å². The van der Waals surface area contributed by atoms with Gasteiger partial charge in [-0.1, -0.05) is 38.4 Å². The van der Waals surface area contributed by atoms with Gasteiger partial charge >= 0.3 is 0 Å². The molecule has 1 aromatic heterocycles. The van der Waals surface area contributed by atoms with Crippen LogP contribution in [0.15, 0.2) is 22.7 Å². The van der Waals surface area contributed by atoms with E-state index in [2.05, 4.69) is 32.0 Å². The highest BCUT2D eigenvalue weighted by atomic mass is 16.5. The van der Waals surface area contributed by atoms with E-state index in [4.69, 9.17) is 15.0 Å². The Morgan fingerprint density at radius 3 is 2.70 bits per heavy atom. The van der Waals surface area contributed by atoms with Gasteiger partial charge in [-0.05, 0) is 35.6 Å². The largest absolute Gasteiger partial charge is 0.496 e. The van der Waals surface area contributed by atoms with Crippen molar-refractivity contribution in [2.24, 2.45) is 0 Å². The number of aryl methyl sites for hydroxylation is 1. The summed E-state index contributed by atoms with van der Waals surface area (Å²) in [5.74, 6) is 1.66. The van der Waals surface area contributed by atoms with E-state index in [0.717, 1.165) is 41.0 Å². The SMILES string of the molecule is CCCc1noc(N)c1-c1ccc(OC)c(C(C)C)c1. The van der Waals surface area contributed by atoms with Gasteiger partial charge in [0.25, 0.3) is 0 Å². The zero-order valence-corrected chi connectivity index (χ0v) is 12.6. The summed E-state index contributed by atoms with van der Waals surface area (Å²) in [5.41, 5.74) is 9.97. The number of methoxy groups -OCH3 is 1. The van der Waals surface area contributed by atoms with Gasteiger partial charge in [-0.25, -0.2) is 0 Å².